The van der Waals surface area contributed by atoms with Crippen LogP contribution >= 0.6 is 0 Å². The quantitative estimate of drug-likeness (QED) is 0.166. The number of aromatic nitrogens is 3. The van der Waals surface area contributed by atoms with Crippen LogP contribution in [0.15, 0.2) is 206 Å². The zero-order valence-corrected chi connectivity index (χ0v) is 35.4. The molecule has 66 heavy (non-hydrogen) atoms. The Balaban J connectivity index is 0.932. The Hall–Kier alpha value is -8.74. The van der Waals surface area contributed by atoms with Crippen molar-refractivity contribution in [2.24, 2.45) is 0 Å². The molecule has 0 N–H and O–H groups in total. The summed E-state index contributed by atoms with van der Waals surface area (Å²) in [6.07, 6.45) is 0. The van der Waals surface area contributed by atoms with Gasteiger partial charge in [0.15, 0.2) is 0 Å². The van der Waals surface area contributed by atoms with Gasteiger partial charge in [0.25, 0.3) is 0 Å². The third kappa shape index (κ3) is 4.36. The van der Waals surface area contributed by atoms with Gasteiger partial charge >= 0.3 is 6.92 Å². The Morgan fingerprint density at radius 2 is 0.924 bits per heavy atom. The molecule has 0 spiro atoms. The molecule has 6 heteroatoms. The van der Waals surface area contributed by atoms with Crippen LogP contribution in [0.4, 0.5) is 0 Å². The lowest BCUT2D eigenvalue weighted by Crippen LogP contribution is -2.53. The van der Waals surface area contributed by atoms with E-state index >= 15 is 0 Å². The van der Waals surface area contributed by atoms with Crippen molar-refractivity contribution in [3.05, 3.63) is 206 Å². The van der Waals surface area contributed by atoms with Gasteiger partial charge in [-0.25, -0.2) is 0 Å². The summed E-state index contributed by atoms with van der Waals surface area (Å²) in [4.78, 5) is 0. The smallest absolute Gasteiger partial charge is 0.434 e. The second-order valence-corrected chi connectivity index (χ2v) is 17.9. The Kier molecular flexibility index (Phi) is 6.57. The Bertz CT molecular complexity index is 4390. The molecule has 0 fully saturated rings. The highest BCUT2D eigenvalue weighted by Crippen LogP contribution is 2.48. The summed E-state index contributed by atoms with van der Waals surface area (Å²) >= 11 is 0. The maximum Gasteiger partial charge on any atom is 0.434 e. The number of nitrogens with zero attached hydrogens (tertiary/aromatic N) is 3. The molecule has 16 rings (SSSR count). The van der Waals surface area contributed by atoms with E-state index in [2.05, 4.69) is 220 Å². The fourth-order valence-electron chi connectivity index (χ4n) is 12.0. The maximum absolute atomic E-state index is 7.14. The van der Waals surface area contributed by atoms with Gasteiger partial charge in [-0.3, -0.25) is 0 Å². The topological polar surface area (TPSA) is 32.7 Å². The van der Waals surface area contributed by atoms with E-state index in [9.17, 15) is 0 Å². The lowest BCUT2D eigenvalue weighted by atomic mass is 9.50. The van der Waals surface area contributed by atoms with Crippen molar-refractivity contribution in [2.75, 3.05) is 0 Å². The average molecular weight is 840 g/mol. The third-order valence-corrected chi connectivity index (χ3v) is 14.6. The van der Waals surface area contributed by atoms with E-state index in [0.29, 0.717) is 0 Å². The first-order valence-electron chi connectivity index (χ1n) is 22.7. The summed E-state index contributed by atoms with van der Waals surface area (Å²) in [5.74, 6) is 2.47. The van der Waals surface area contributed by atoms with Crippen LogP contribution in [0.5, 0.6) is 17.2 Å². The zero-order chi connectivity index (χ0) is 42.8. The van der Waals surface area contributed by atoms with E-state index in [1.165, 1.54) is 76.2 Å². The van der Waals surface area contributed by atoms with E-state index in [4.69, 9.17) is 9.39 Å². The molecular formula is C60H34BN3O2. The Morgan fingerprint density at radius 3 is 1.67 bits per heavy atom. The molecule has 0 unspecified atom stereocenters. The van der Waals surface area contributed by atoms with Crippen LogP contribution in [0.25, 0.3) is 115 Å². The van der Waals surface area contributed by atoms with Crippen molar-refractivity contribution in [1.29, 1.82) is 0 Å². The lowest BCUT2D eigenvalue weighted by molar-refractivity contribution is 0.479. The van der Waals surface area contributed by atoms with E-state index in [0.717, 1.165) is 67.3 Å². The van der Waals surface area contributed by atoms with Crippen LogP contribution in [0.1, 0.15) is 0 Å². The first kappa shape index (κ1) is 34.7. The van der Waals surface area contributed by atoms with Gasteiger partial charge in [-0.2, -0.15) is 0 Å². The SMILES string of the molecule is c1ccc2c(c1)OB1c3cc(-c4ccccc4-n4c5ccccc5c5ccccc54)ccc3Oc3cc(-n4c5ccccc5c5cc6c7ccccc7n7c8ccccc8c(c54)c67)cc-2c31. The van der Waals surface area contributed by atoms with Gasteiger partial charge in [0.1, 0.15) is 17.2 Å². The van der Waals surface area contributed by atoms with E-state index in [1.54, 1.807) is 0 Å². The van der Waals surface area contributed by atoms with Crippen molar-refractivity contribution in [1.82, 2.24) is 13.5 Å². The minimum absolute atomic E-state index is 0.374. The van der Waals surface area contributed by atoms with Gasteiger partial charge in [-0.05, 0) is 71.8 Å². The summed E-state index contributed by atoms with van der Waals surface area (Å²) in [7, 11) is 0. The van der Waals surface area contributed by atoms with Crippen molar-refractivity contribution in [3.8, 4) is 50.9 Å². The van der Waals surface area contributed by atoms with Crippen LogP contribution in [-0.4, -0.2) is 20.5 Å². The summed E-state index contributed by atoms with van der Waals surface area (Å²) in [6.45, 7) is -0.374. The molecule has 304 valence electrons. The fourth-order valence-corrected chi connectivity index (χ4v) is 12.0. The molecule has 6 heterocycles. The molecule has 0 saturated carbocycles. The Morgan fingerprint density at radius 1 is 0.364 bits per heavy atom. The van der Waals surface area contributed by atoms with Gasteiger partial charge in [-0.15, -0.1) is 0 Å². The number of hydrogen-bond donors (Lipinski definition) is 0. The maximum atomic E-state index is 7.14. The molecule has 0 atom stereocenters. The number of rotatable bonds is 3. The molecule has 0 saturated heterocycles. The van der Waals surface area contributed by atoms with Crippen molar-refractivity contribution in [2.45, 2.75) is 0 Å². The van der Waals surface area contributed by atoms with Crippen molar-refractivity contribution in [3.63, 3.8) is 0 Å². The lowest BCUT2D eigenvalue weighted by Gasteiger charge is -2.33. The number of ether oxygens (including phenoxy) is 1. The highest BCUT2D eigenvalue weighted by molar-refractivity contribution is 6.84. The number of fused-ring (bicyclic) bond motifs is 17. The molecule has 0 amide bonds. The van der Waals surface area contributed by atoms with E-state index in [1.807, 2.05) is 0 Å². The zero-order valence-electron chi connectivity index (χ0n) is 35.4. The van der Waals surface area contributed by atoms with Gasteiger partial charge in [0, 0.05) is 71.2 Å². The van der Waals surface area contributed by atoms with Crippen LogP contribution < -0.4 is 20.3 Å². The second kappa shape index (κ2) is 12.5. The standard InChI is InChI=1S/C60H34BN3O2/c1-8-22-48(63-50-24-10-2-16-38(50)39-17-3-11-25-51(39)63)37(15-1)35-29-30-55-47(31-35)61-58-44(42-20-7-14-28-54(42)66-61)32-36(33-56(58)65-55)62-49-23-9-4-18-40(49)45-34-46-41-19-5-12-26-52(41)64-53-27-13-6-21-43(53)57(59(45)62)60(46)64/h1-34H. The van der Waals surface area contributed by atoms with E-state index < -0.39 is 0 Å². The molecule has 5 nitrogen and oxygen atoms in total. The monoisotopic (exact) mass is 839 g/mol. The van der Waals surface area contributed by atoms with Crippen LogP contribution in [-0.2, 0) is 0 Å². The predicted molar refractivity (Wildman–Crippen MR) is 273 cm³/mol. The van der Waals surface area contributed by atoms with Crippen LogP contribution in [0, 0.1) is 0 Å². The molecule has 2 aliphatic rings. The molecule has 10 aromatic carbocycles. The molecule has 0 bridgehead atoms. The number of para-hydroxylation sites is 7. The van der Waals surface area contributed by atoms with Gasteiger partial charge in [-0.1, -0.05) is 140 Å². The van der Waals surface area contributed by atoms with Gasteiger partial charge in [0.2, 0.25) is 0 Å². The van der Waals surface area contributed by atoms with Crippen molar-refractivity contribution >= 4 is 99.5 Å². The molecule has 0 radical (unpaired) electrons. The molecule has 0 aliphatic carbocycles. The molecule has 2 aliphatic heterocycles. The van der Waals surface area contributed by atoms with Gasteiger partial charge < -0.3 is 22.9 Å². The number of benzene rings is 10. The first-order valence-corrected chi connectivity index (χ1v) is 22.7. The second-order valence-electron chi connectivity index (χ2n) is 17.9. The summed E-state index contributed by atoms with van der Waals surface area (Å²) in [5.41, 5.74) is 17.1. The first-order chi connectivity index (χ1) is 32.8. The van der Waals surface area contributed by atoms with Crippen molar-refractivity contribution < 1.29 is 9.39 Å². The minimum atomic E-state index is -0.374. The number of hydrogen-bond acceptors (Lipinski definition) is 2. The molecular weight excluding hydrogens is 805 g/mol. The molecule has 4 aromatic heterocycles. The normalized spacial score (nSPS) is 13.1. The summed E-state index contributed by atoms with van der Waals surface area (Å²) in [5, 5.41) is 10.00. The highest BCUT2D eigenvalue weighted by atomic mass is 16.5. The third-order valence-electron chi connectivity index (χ3n) is 14.6. The Labute approximate surface area is 377 Å². The van der Waals surface area contributed by atoms with Crippen LogP contribution in [0.2, 0.25) is 0 Å². The summed E-state index contributed by atoms with van der Waals surface area (Å²) < 4.78 is 21.6. The van der Waals surface area contributed by atoms with Crippen LogP contribution in [0.3, 0.4) is 0 Å². The van der Waals surface area contributed by atoms with Gasteiger partial charge in [0.05, 0.1) is 50.0 Å². The highest BCUT2D eigenvalue weighted by Gasteiger charge is 2.41. The fraction of sp³-hybridized carbons (Fsp3) is 0. The van der Waals surface area contributed by atoms with E-state index in [-0.39, 0.29) is 6.92 Å². The predicted octanol–water partition coefficient (Wildman–Crippen LogP) is 14.0. The minimum Gasteiger partial charge on any atom is -0.551 e. The summed E-state index contributed by atoms with van der Waals surface area (Å²) in [6, 6.07) is 74.9. The molecule has 14 aromatic rings. The average Bonchev–Trinajstić information content (AvgIpc) is 4.10. The largest absolute Gasteiger partial charge is 0.551 e.